The van der Waals surface area contributed by atoms with Crippen LogP contribution in [0.1, 0.15) is 42.6 Å². The smallest absolute Gasteiger partial charge is 0.266 e. The SMILES string of the molecule is Cn1nc(CC(=O)N2CCC(=O)CC2)ccc1=O.Cn1nc(CC(=O)N2CCC(Cc3cc(F)cc(Cl)c3)CC2)ccc1=O.Nc1cc(F)cc(Cl)c1. The summed E-state index contributed by atoms with van der Waals surface area (Å²) < 4.78 is 28.2. The Bertz CT molecular complexity index is 1970. The number of halogens is 4. The summed E-state index contributed by atoms with van der Waals surface area (Å²) in [7, 11) is 3.12. The molecule has 53 heavy (non-hydrogen) atoms. The molecule has 0 spiro atoms. The molecule has 0 bridgehead atoms. The third-order valence-corrected chi connectivity index (χ3v) is 9.11. The van der Waals surface area contributed by atoms with Gasteiger partial charge in [-0.1, -0.05) is 23.2 Å². The molecular weight excluding hydrogens is 731 g/mol. The number of amides is 2. The Kier molecular flexibility index (Phi) is 14.8. The first-order valence-corrected chi connectivity index (χ1v) is 17.7. The van der Waals surface area contributed by atoms with Crippen molar-refractivity contribution in [3.05, 3.63) is 120 Å². The highest BCUT2D eigenvalue weighted by atomic mass is 35.5. The molecule has 4 heterocycles. The average Bonchev–Trinajstić information content (AvgIpc) is 3.08. The van der Waals surface area contributed by atoms with E-state index in [4.69, 9.17) is 28.9 Å². The van der Waals surface area contributed by atoms with Gasteiger partial charge in [0.15, 0.2) is 0 Å². The van der Waals surface area contributed by atoms with Gasteiger partial charge < -0.3 is 15.5 Å². The zero-order valence-electron chi connectivity index (χ0n) is 29.4. The van der Waals surface area contributed by atoms with E-state index < -0.39 is 5.82 Å². The van der Waals surface area contributed by atoms with Crippen LogP contribution in [-0.4, -0.2) is 73.1 Å². The fourth-order valence-corrected chi connectivity index (χ4v) is 6.33. The van der Waals surface area contributed by atoms with Gasteiger partial charge in [0.2, 0.25) is 11.8 Å². The molecule has 2 aromatic carbocycles. The van der Waals surface area contributed by atoms with Crippen LogP contribution in [0.15, 0.2) is 70.3 Å². The van der Waals surface area contributed by atoms with Crippen LogP contribution in [-0.2, 0) is 47.7 Å². The van der Waals surface area contributed by atoms with Gasteiger partial charge in [0.1, 0.15) is 17.4 Å². The highest BCUT2D eigenvalue weighted by Crippen LogP contribution is 2.24. The Morgan fingerprint density at radius 1 is 0.717 bits per heavy atom. The van der Waals surface area contributed by atoms with E-state index >= 15 is 0 Å². The van der Waals surface area contributed by atoms with E-state index in [2.05, 4.69) is 10.2 Å². The molecule has 0 saturated carbocycles. The maximum absolute atomic E-state index is 13.4. The Morgan fingerprint density at radius 2 is 1.19 bits per heavy atom. The van der Waals surface area contributed by atoms with Crippen LogP contribution in [0.4, 0.5) is 14.5 Å². The fraction of sp³-hybridized carbons (Fsp3) is 0.378. The third kappa shape index (κ3) is 13.2. The number of aryl methyl sites for hydroxylation is 2. The summed E-state index contributed by atoms with van der Waals surface area (Å²) in [6.45, 7) is 2.34. The molecular formula is C37H41Cl2F2N7O5. The zero-order chi connectivity index (χ0) is 38.7. The topological polar surface area (TPSA) is 153 Å². The fourth-order valence-electron chi connectivity index (χ4n) is 5.85. The second kappa shape index (κ2) is 19.2. The van der Waals surface area contributed by atoms with Gasteiger partial charge in [0.05, 0.1) is 24.2 Å². The quantitative estimate of drug-likeness (QED) is 0.287. The minimum absolute atomic E-state index is 0.0170. The van der Waals surface area contributed by atoms with E-state index in [-0.39, 0.29) is 47.4 Å². The lowest BCUT2D eigenvalue weighted by atomic mass is 9.90. The maximum Gasteiger partial charge on any atom is 0.266 e. The molecule has 4 aromatic rings. The summed E-state index contributed by atoms with van der Waals surface area (Å²) >= 11 is 11.3. The summed E-state index contributed by atoms with van der Waals surface area (Å²) in [5.41, 5.74) is 7.25. The zero-order valence-corrected chi connectivity index (χ0v) is 31.0. The van der Waals surface area contributed by atoms with Crippen molar-refractivity contribution in [3.8, 4) is 0 Å². The first kappa shape index (κ1) is 40.8. The van der Waals surface area contributed by atoms with Crippen molar-refractivity contribution >= 4 is 46.5 Å². The number of hydrogen-bond donors (Lipinski definition) is 1. The summed E-state index contributed by atoms with van der Waals surface area (Å²) in [6.07, 6.45) is 3.75. The van der Waals surface area contributed by atoms with Gasteiger partial charge in [0, 0.05) is 81.0 Å². The number of carbonyl (C=O) groups is 3. The van der Waals surface area contributed by atoms with E-state index in [1.54, 1.807) is 37.2 Å². The lowest BCUT2D eigenvalue weighted by molar-refractivity contribution is -0.134. The Morgan fingerprint density at radius 3 is 1.64 bits per heavy atom. The molecule has 2 N–H and O–H groups in total. The molecule has 0 aliphatic carbocycles. The van der Waals surface area contributed by atoms with E-state index in [0.29, 0.717) is 72.1 Å². The van der Waals surface area contributed by atoms with Crippen LogP contribution < -0.4 is 16.9 Å². The second-order valence-electron chi connectivity index (χ2n) is 12.9. The van der Waals surface area contributed by atoms with E-state index in [1.807, 2.05) is 4.90 Å². The number of carbonyl (C=O) groups excluding carboxylic acids is 3. The van der Waals surface area contributed by atoms with Crippen LogP contribution in [0.25, 0.3) is 0 Å². The summed E-state index contributed by atoms with van der Waals surface area (Å²) in [5, 5.41) is 8.86. The number of aromatic nitrogens is 4. The Labute approximate surface area is 315 Å². The van der Waals surface area contributed by atoms with Crippen molar-refractivity contribution in [1.29, 1.82) is 0 Å². The molecule has 0 unspecified atom stereocenters. The van der Waals surface area contributed by atoms with Crippen molar-refractivity contribution < 1.29 is 23.2 Å². The standard InChI is InChI=1S/C19H21ClFN3O2.C12H15N3O3.C6H5ClFN/c1-23-18(25)3-2-17(22-23)12-19(26)24-6-4-13(5-7-24)8-14-9-15(20)11-16(21)10-14;1-14-11(17)3-2-9(13-14)8-12(18)15-6-4-10(16)5-7-15;7-4-1-5(8)3-6(9)2-4/h2-3,9-11,13H,4-8,12H2,1H3;2-3H,4-8H2,1H3;1-3H,9H2. The van der Waals surface area contributed by atoms with Crippen molar-refractivity contribution in [2.45, 2.75) is 44.9 Å². The average molecular weight is 773 g/mol. The first-order chi connectivity index (χ1) is 25.1. The van der Waals surface area contributed by atoms with Crippen LogP contribution in [0.2, 0.25) is 10.0 Å². The number of hydrogen-bond acceptors (Lipinski definition) is 8. The van der Waals surface area contributed by atoms with Crippen LogP contribution in [0, 0.1) is 17.6 Å². The molecule has 2 aliphatic heterocycles. The van der Waals surface area contributed by atoms with Crippen molar-refractivity contribution in [1.82, 2.24) is 29.4 Å². The monoisotopic (exact) mass is 771 g/mol. The van der Waals surface area contributed by atoms with Gasteiger partial charge in [0.25, 0.3) is 11.1 Å². The molecule has 0 atom stereocenters. The lowest BCUT2D eigenvalue weighted by Gasteiger charge is -2.32. The predicted molar refractivity (Wildman–Crippen MR) is 197 cm³/mol. The van der Waals surface area contributed by atoms with Crippen molar-refractivity contribution in [2.24, 2.45) is 20.0 Å². The first-order valence-electron chi connectivity index (χ1n) is 17.0. The molecule has 2 aromatic heterocycles. The number of benzene rings is 2. The summed E-state index contributed by atoms with van der Waals surface area (Å²) in [5.74, 6) is -0.131. The van der Waals surface area contributed by atoms with Gasteiger partial charge in [-0.05, 0) is 79.3 Å². The number of likely N-dealkylation sites (tertiary alicyclic amines) is 2. The number of ketones is 1. The van der Waals surface area contributed by atoms with Crippen molar-refractivity contribution in [3.63, 3.8) is 0 Å². The molecule has 2 fully saturated rings. The van der Waals surface area contributed by atoms with E-state index in [0.717, 1.165) is 24.8 Å². The Hall–Kier alpha value is -4.95. The largest absolute Gasteiger partial charge is 0.399 e. The van der Waals surface area contributed by atoms with Gasteiger partial charge in [-0.25, -0.2) is 18.1 Å². The number of nitrogen functional groups attached to an aromatic ring is 1. The van der Waals surface area contributed by atoms with Crippen LogP contribution >= 0.6 is 23.2 Å². The number of nitrogens with two attached hydrogens (primary N) is 1. The van der Waals surface area contributed by atoms with Crippen molar-refractivity contribution in [2.75, 3.05) is 31.9 Å². The number of Topliss-reactive ketones (excluding diaryl/α,β-unsaturated/α-hetero) is 1. The van der Waals surface area contributed by atoms with Gasteiger partial charge in [-0.3, -0.25) is 24.0 Å². The summed E-state index contributed by atoms with van der Waals surface area (Å²) in [4.78, 5) is 61.5. The highest BCUT2D eigenvalue weighted by molar-refractivity contribution is 6.31. The van der Waals surface area contributed by atoms with Gasteiger partial charge in [-0.15, -0.1) is 0 Å². The number of rotatable bonds is 6. The number of anilines is 1. The minimum atomic E-state index is -0.403. The molecule has 2 amide bonds. The molecule has 6 rings (SSSR count). The van der Waals surface area contributed by atoms with E-state index in [1.165, 1.54) is 51.8 Å². The molecule has 282 valence electrons. The number of piperidine rings is 2. The van der Waals surface area contributed by atoms with Gasteiger partial charge in [-0.2, -0.15) is 10.2 Å². The molecule has 2 aliphatic rings. The highest BCUT2D eigenvalue weighted by Gasteiger charge is 2.24. The lowest BCUT2D eigenvalue weighted by Crippen LogP contribution is -2.40. The molecule has 16 heteroatoms. The third-order valence-electron chi connectivity index (χ3n) is 8.67. The molecule has 2 saturated heterocycles. The molecule has 12 nitrogen and oxygen atoms in total. The maximum atomic E-state index is 13.4. The predicted octanol–water partition coefficient (Wildman–Crippen LogP) is 4.17. The van der Waals surface area contributed by atoms with Crippen LogP contribution in [0.3, 0.4) is 0 Å². The second-order valence-corrected chi connectivity index (χ2v) is 13.7. The normalized spacial score (nSPS) is 14.5. The van der Waals surface area contributed by atoms with E-state index in [9.17, 15) is 32.8 Å². The minimum Gasteiger partial charge on any atom is -0.399 e. The summed E-state index contributed by atoms with van der Waals surface area (Å²) in [6, 6.07) is 14.5. The van der Waals surface area contributed by atoms with Crippen LogP contribution in [0.5, 0.6) is 0 Å². The number of nitrogens with zero attached hydrogens (tertiary/aromatic N) is 6. The van der Waals surface area contributed by atoms with Gasteiger partial charge >= 0.3 is 0 Å². The molecule has 0 radical (unpaired) electrons. The Balaban J connectivity index is 0.000000200.